The third kappa shape index (κ3) is 2.55. The Morgan fingerprint density at radius 3 is 2.37 bits per heavy atom. The first-order valence-corrected chi connectivity index (χ1v) is 6.48. The predicted molar refractivity (Wildman–Crippen MR) is 81.4 cm³/mol. The van der Waals surface area contributed by atoms with Gasteiger partial charge >= 0.3 is 0 Å². The van der Waals surface area contributed by atoms with Crippen molar-refractivity contribution in [3.05, 3.63) is 71.8 Å². The van der Waals surface area contributed by atoms with Gasteiger partial charge in [-0.3, -0.25) is 0 Å². The Balaban J connectivity index is 2.53. The van der Waals surface area contributed by atoms with Crippen molar-refractivity contribution in [1.29, 1.82) is 0 Å². The summed E-state index contributed by atoms with van der Waals surface area (Å²) in [4.78, 5) is 0. The molecule has 0 saturated carbocycles. The average Bonchev–Trinajstić information content (AvgIpc) is 2.39. The van der Waals surface area contributed by atoms with Crippen LogP contribution in [0.4, 0.5) is 0 Å². The van der Waals surface area contributed by atoms with Crippen LogP contribution in [-0.4, -0.2) is 5.11 Å². The quantitative estimate of drug-likeness (QED) is 0.835. The van der Waals surface area contributed by atoms with Gasteiger partial charge in [0.25, 0.3) is 0 Å². The second-order valence-corrected chi connectivity index (χ2v) is 5.50. The molecule has 0 saturated heterocycles. The SMILES string of the molecule is C=C(C)c1cccc(C(C)(C)c2ccccc2O)c1. The zero-order valence-corrected chi connectivity index (χ0v) is 11.8. The van der Waals surface area contributed by atoms with Gasteiger partial charge in [-0.25, -0.2) is 0 Å². The molecule has 98 valence electrons. The van der Waals surface area contributed by atoms with Crippen molar-refractivity contribution >= 4 is 5.57 Å². The standard InChI is InChI=1S/C18H20O/c1-13(2)14-8-7-9-15(12-14)18(3,4)16-10-5-6-11-17(16)19/h5-12,19H,1H2,2-4H3. The van der Waals surface area contributed by atoms with Gasteiger partial charge in [0.05, 0.1) is 0 Å². The molecule has 19 heavy (non-hydrogen) atoms. The van der Waals surface area contributed by atoms with Gasteiger partial charge in [-0.15, -0.1) is 0 Å². The summed E-state index contributed by atoms with van der Waals surface area (Å²) in [5.41, 5.74) is 4.07. The highest BCUT2D eigenvalue weighted by molar-refractivity contribution is 5.62. The molecule has 0 amide bonds. The number of hydrogen-bond acceptors (Lipinski definition) is 1. The maximum absolute atomic E-state index is 10.1. The molecule has 0 heterocycles. The maximum atomic E-state index is 10.1. The van der Waals surface area contributed by atoms with Gasteiger partial charge in [0, 0.05) is 11.0 Å². The van der Waals surface area contributed by atoms with Crippen molar-refractivity contribution < 1.29 is 5.11 Å². The number of phenols is 1. The second-order valence-electron chi connectivity index (χ2n) is 5.50. The third-order valence-electron chi connectivity index (χ3n) is 3.65. The fourth-order valence-corrected chi connectivity index (χ4v) is 2.33. The van der Waals surface area contributed by atoms with Gasteiger partial charge in [-0.2, -0.15) is 0 Å². The van der Waals surface area contributed by atoms with Crippen LogP contribution in [0.15, 0.2) is 55.1 Å². The van der Waals surface area contributed by atoms with Crippen LogP contribution in [0.5, 0.6) is 5.75 Å². The average molecular weight is 252 g/mol. The van der Waals surface area contributed by atoms with Crippen LogP contribution >= 0.6 is 0 Å². The lowest BCUT2D eigenvalue weighted by Gasteiger charge is -2.27. The normalized spacial score (nSPS) is 11.3. The lowest BCUT2D eigenvalue weighted by Crippen LogP contribution is -2.19. The van der Waals surface area contributed by atoms with Crippen LogP contribution in [0.3, 0.4) is 0 Å². The first kappa shape index (κ1) is 13.4. The summed E-state index contributed by atoms with van der Waals surface area (Å²) in [6.07, 6.45) is 0. The molecule has 2 rings (SSSR count). The number of benzene rings is 2. The van der Waals surface area contributed by atoms with Crippen molar-refractivity contribution in [2.45, 2.75) is 26.2 Å². The number of allylic oxidation sites excluding steroid dienone is 1. The third-order valence-corrected chi connectivity index (χ3v) is 3.65. The van der Waals surface area contributed by atoms with Gasteiger partial charge in [0.15, 0.2) is 0 Å². The lowest BCUT2D eigenvalue weighted by atomic mass is 9.77. The topological polar surface area (TPSA) is 20.2 Å². The molecule has 0 atom stereocenters. The summed E-state index contributed by atoms with van der Waals surface area (Å²) >= 11 is 0. The van der Waals surface area contributed by atoms with Gasteiger partial charge in [0.2, 0.25) is 0 Å². The van der Waals surface area contributed by atoms with Crippen LogP contribution in [-0.2, 0) is 5.41 Å². The molecule has 0 spiro atoms. The number of rotatable bonds is 3. The molecule has 1 N–H and O–H groups in total. The van der Waals surface area contributed by atoms with Gasteiger partial charge in [0.1, 0.15) is 5.75 Å². The number of aromatic hydroxyl groups is 1. The Bertz CT molecular complexity index is 609. The molecule has 2 aromatic carbocycles. The Kier molecular flexibility index (Phi) is 3.48. The highest BCUT2D eigenvalue weighted by Gasteiger charge is 2.25. The smallest absolute Gasteiger partial charge is 0.119 e. The van der Waals surface area contributed by atoms with E-state index < -0.39 is 0 Å². The van der Waals surface area contributed by atoms with Crippen molar-refractivity contribution in [3.8, 4) is 5.75 Å². The zero-order valence-electron chi connectivity index (χ0n) is 11.8. The fraction of sp³-hybridized carbons (Fsp3) is 0.222. The second kappa shape index (κ2) is 4.93. The van der Waals surface area contributed by atoms with Crippen LogP contribution < -0.4 is 0 Å². The van der Waals surface area contributed by atoms with E-state index in [-0.39, 0.29) is 5.41 Å². The molecular formula is C18H20O. The largest absolute Gasteiger partial charge is 0.508 e. The number of para-hydroxylation sites is 1. The molecule has 0 fully saturated rings. The molecule has 0 unspecified atom stereocenters. The molecule has 0 radical (unpaired) electrons. The van der Waals surface area contributed by atoms with E-state index in [9.17, 15) is 5.11 Å². The van der Waals surface area contributed by atoms with E-state index in [0.717, 1.165) is 16.7 Å². The van der Waals surface area contributed by atoms with E-state index in [1.807, 2.05) is 31.2 Å². The Hall–Kier alpha value is -2.02. The van der Waals surface area contributed by atoms with Crippen LogP contribution in [0.1, 0.15) is 37.5 Å². The van der Waals surface area contributed by atoms with Gasteiger partial charge in [-0.1, -0.05) is 68.5 Å². The van der Waals surface area contributed by atoms with E-state index in [2.05, 4.69) is 38.6 Å². The molecular weight excluding hydrogens is 232 g/mol. The molecule has 0 aliphatic rings. The van der Waals surface area contributed by atoms with E-state index in [0.29, 0.717) is 5.75 Å². The van der Waals surface area contributed by atoms with Crippen molar-refractivity contribution in [3.63, 3.8) is 0 Å². The van der Waals surface area contributed by atoms with Crippen LogP contribution in [0.25, 0.3) is 5.57 Å². The number of hydrogen-bond donors (Lipinski definition) is 1. The maximum Gasteiger partial charge on any atom is 0.119 e. The first-order chi connectivity index (χ1) is 8.93. The first-order valence-electron chi connectivity index (χ1n) is 6.48. The van der Waals surface area contributed by atoms with Crippen molar-refractivity contribution in [2.75, 3.05) is 0 Å². The fourth-order valence-electron chi connectivity index (χ4n) is 2.33. The molecule has 1 nitrogen and oxygen atoms in total. The molecule has 0 bridgehead atoms. The number of phenolic OH excluding ortho intramolecular Hbond substituents is 1. The van der Waals surface area contributed by atoms with Gasteiger partial charge in [-0.05, 0) is 24.1 Å². The Labute approximate surface area is 115 Å². The lowest BCUT2D eigenvalue weighted by molar-refractivity contribution is 0.453. The Morgan fingerprint density at radius 2 is 1.74 bits per heavy atom. The zero-order chi connectivity index (χ0) is 14.0. The van der Waals surface area contributed by atoms with Crippen molar-refractivity contribution in [1.82, 2.24) is 0 Å². The predicted octanol–water partition coefficient (Wildman–Crippen LogP) is 4.75. The monoisotopic (exact) mass is 252 g/mol. The summed E-state index contributed by atoms with van der Waals surface area (Å²) in [5, 5.41) is 10.1. The summed E-state index contributed by atoms with van der Waals surface area (Å²) in [5.74, 6) is 0.341. The summed E-state index contributed by atoms with van der Waals surface area (Å²) in [6, 6.07) is 15.9. The minimum Gasteiger partial charge on any atom is -0.508 e. The molecule has 1 heteroatoms. The Morgan fingerprint density at radius 1 is 1.05 bits per heavy atom. The van der Waals surface area contributed by atoms with E-state index in [1.54, 1.807) is 6.07 Å². The molecule has 0 aliphatic carbocycles. The minimum atomic E-state index is -0.239. The van der Waals surface area contributed by atoms with Crippen LogP contribution in [0.2, 0.25) is 0 Å². The van der Waals surface area contributed by atoms with Gasteiger partial charge < -0.3 is 5.11 Å². The summed E-state index contributed by atoms with van der Waals surface area (Å²) in [6.45, 7) is 10.2. The highest BCUT2D eigenvalue weighted by atomic mass is 16.3. The molecule has 0 aliphatic heterocycles. The summed E-state index contributed by atoms with van der Waals surface area (Å²) in [7, 11) is 0. The summed E-state index contributed by atoms with van der Waals surface area (Å²) < 4.78 is 0. The van der Waals surface area contributed by atoms with Crippen molar-refractivity contribution in [2.24, 2.45) is 0 Å². The molecule has 0 aromatic heterocycles. The highest BCUT2D eigenvalue weighted by Crippen LogP contribution is 2.37. The van der Waals surface area contributed by atoms with E-state index in [4.69, 9.17) is 0 Å². The molecule has 2 aromatic rings. The van der Waals surface area contributed by atoms with E-state index in [1.165, 1.54) is 5.56 Å². The van der Waals surface area contributed by atoms with Crippen LogP contribution in [0, 0.1) is 0 Å². The van der Waals surface area contributed by atoms with E-state index >= 15 is 0 Å². The minimum absolute atomic E-state index is 0.239.